The van der Waals surface area contributed by atoms with E-state index in [9.17, 15) is 23.1 Å². The molecule has 1 unspecified atom stereocenters. The molecule has 1 aliphatic heterocycles. The minimum absolute atomic E-state index is 0.0101. The van der Waals surface area contributed by atoms with Crippen LogP contribution in [0.1, 0.15) is 59.8 Å². The van der Waals surface area contributed by atoms with Crippen LogP contribution in [0.15, 0.2) is 27.9 Å². The first kappa shape index (κ1) is 21.4. The zero-order valence-corrected chi connectivity index (χ0v) is 18.2. The Balaban J connectivity index is 1.96. The van der Waals surface area contributed by atoms with E-state index in [-0.39, 0.29) is 39.4 Å². The molecule has 1 N–H and O–H groups in total. The summed E-state index contributed by atoms with van der Waals surface area (Å²) in [5.41, 5.74) is -0.162. The highest BCUT2D eigenvalue weighted by Gasteiger charge is 2.41. The lowest BCUT2D eigenvalue weighted by Crippen LogP contribution is -2.31. The van der Waals surface area contributed by atoms with Crippen LogP contribution < -0.4 is 10.3 Å². The van der Waals surface area contributed by atoms with E-state index < -0.39 is 32.2 Å². The standard InChI is InChI=1S/C21H19ClN2O6S/c1-11-13-8-15(21(26)27)20(25)24(12-4-5-12)19(13)14-9-16(22)17(30-7-3-2-6-23)10-18(14)31(11,28)29/h8-12H,2-5,7H2,1H3,(H,26,27). The van der Waals surface area contributed by atoms with Crippen molar-refractivity contribution in [2.45, 2.75) is 48.8 Å². The van der Waals surface area contributed by atoms with Gasteiger partial charge in [-0.15, -0.1) is 0 Å². The van der Waals surface area contributed by atoms with Crippen molar-refractivity contribution in [2.24, 2.45) is 0 Å². The summed E-state index contributed by atoms with van der Waals surface area (Å²) < 4.78 is 33.6. The van der Waals surface area contributed by atoms with Crippen LogP contribution >= 0.6 is 11.6 Å². The highest BCUT2D eigenvalue weighted by Crippen LogP contribution is 2.49. The number of carboxylic acid groups (broad SMARTS) is 1. The molecular weight excluding hydrogens is 444 g/mol. The summed E-state index contributed by atoms with van der Waals surface area (Å²) in [6.07, 6.45) is 2.18. The molecule has 1 aromatic heterocycles. The molecule has 1 aliphatic carbocycles. The van der Waals surface area contributed by atoms with Crippen molar-refractivity contribution >= 4 is 27.4 Å². The first-order valence-corrected chi connectivity index (χ1v) is 11.7. The van der Waals surface area contributed by atoms with E-state index in [1.807, 2.05) is 6.07 Å². The van der Waals surface area contributed by atoms with Gasteiger partial charge in [0.25, 0.3) is 5.56 Å². The van der Waals surface area contributed by atoms with Crippen LogP contribution in [0.2, 0.25) is 5.02 Å². The van der Waals surface area contributed by atoms with Crippen LogP contribution in [0, 0.1) is 11.3 Å². The number of ether oxygens (including phenoxy) is 1. The number of carbonyl (C=O) groups is 1. The number of pyridine rings is 1. The molecule has 10 heteroatoms. The third-order valence-corrected chi connectivity index (χ3v) is 8.03. The largest absolute Gasteiger partial charge is 0.492 e. The Labute approximate surface area is 183 Å². The van der Waals surface area contributed by atoms with Crippen molar-refractivity contribution in [1.29, 1.82) is 5.26 Å². The summed E-state index contributed by atoms with van der Waals surface area (Å²) >= 11 is 6.37. The van der Waals surface area contributed by atoms with Gasteiger partial charge in [-0.25, -0.2) is 13.2 Å². The molecule has 0 amide bonds. The molecule has 162 valence electrons. The monoisotopic (exact) mass is 462 g/mol. The van der Waals surface area contributed by atoms with Gasteiger partial charge in [-0.05, 0) is 43.9 Å². The Morgan fingerprint density at radius 3 is 2.68 bits per heavy atom. The van der Waals surface area contributed by atoms with Crippen molar-refractivity contribution in [3.8, 4) is 23.1 Å². The summed E-state index contributed by atoms with van der Waals surface area (Å²) in [6.45, 7) is 1.68. The Hall–Kier alpha value is -2.83. The van der Waals surface area contributed by atoms with Gasteiger partial charge < -0.3 is 14.4 Å². The van der Waals surface area contributed by atoms with Gasteiger partial charge in [0.1, 0.15) is 11.3 Å². The summed E-state index contributed by atoms with van der Waals surface area (Å²) in [7, 11) is -3.89. The molecular formula is C21H19ClN2O6S. The molecule has 0 spiro atoms. The Morgan fingerprint density at radius 1 is 1.35 bits per heavy atom. The van der Waals surface area contributed by atoms with Crippen LogP contribution in [-0.2, 0) is 9.84 Å². The van der Waals surface area contributed by atoms with E-state index in [1.54, 1.807) is 0 Å². The summed E-state index contributed by atoms with van der Waals surface area (Å²) in [5.74, 6) is -1.21. The first-order valence-electron chi connectivity index (χ1n) is 9.78. The molecule has 0 saturated heterocycles. The van der Waals surface area contributed by atoms with Crippen LogP contribution in [-0.4, -0.2) is 30.7 Å². The average Bonchev–Trinajstić information content (AvgIpc) is 3.54. The SMILES string of the molecule is CC1c2cc(C(=O)O)c(=O)n(C3CC3)c2-c2cc(Cl)c(OCCCC#N)cc2S1(=O)=O. The minimum atomic E-state index is -3.89. The fraction of sp³-hybridized carbons (Fsp3) is 0.381. The maximum atomic E-state index is 13.3. The highest BCUT2D eigenvalue weighted by molar-refractivity contribution is 7.92. The summed E-state index contributed by atoms with van der Waals surface area (Å²) in [5, 5.41) is 17.2. The number of fused-ring (bicyclic) bond motifs is 3. The second-order valence-corrected chi connectivity index (χ2v) is 10.3. The number of sulfone groups is 1. The summed E-state index contributed by atoms with van der Waals surface area (Å²) in [6, 6.07) is 5.81. The zero-order chi connectivity index (χ0) is 22.5. The van der Waals surface area contributed by atoms with Crippen LogP contribution in [0.25, 0.3) is 11.3 Å². The van der Waals surface area contributed by atoms with Crippen LogP contribution in [0.4, 0.5) is 0 Å². The van der Waals surface area contributed by atoms with Gasteiger partial charge in [0.15, 0.2) is 9.84 Å². The highest BCUT2D eigenvalue weighted by atomic mass is 35.5. The smallest absolute Gasteiger partial charge is 0.341 e. The number of carboxylic acids is 1. The topological polar surface area (TPSA) is 126 Å². The van der Waals surface area contributed by atoms with Crippen LogP contribution in [0.3, 0.4) is 0 Å². The molecule has 1 fully saturated rings. The van der Waals surface area contributed by atoms with Gasteiger partial charge in [-0.2, -0.15) is 5.26 Å². The van der Waals surface area contributed by atoms with Crippen molar-refractivity contribution in [3.63, 3.8) is 0 Å². The molecule has 4 rings (SSSR count). The Kier molecular flexibility index (Phi) is 5.31. The predicted molar refractivity (Wildman–Crippen MR) is 112 cm³/mol. The number of aromatic carboxylic acids is 1. The fourth-order valence-corrected chi connectivity index (χ4v) is 5.69. The molecule has 8 nitrogen and oxygen atoms in total. The fourth-order valence-electron chi connectivity index (χ4n) is 3.84. The third-order valence-electron chi connectivity index (χ3n) is 5.60. The summed E-state index contributed by atoms with van der Waals surface area (Å²) in [4.78, 5) is 24.6. The van der Waals surface area contributed by atoms with Gasteiger partial charge in [0, 0.05) is 24.1 Å². The van der Waals surface area contributed by atoms with E-state index in [0.29, 0.717) is 31.4 Å². The molecule has 1 saturated carbocycles. The number of hydrogen-bond acceptors (Lipinski definition) is 6. The lowest BCUT2D eigenvalue weighted by atomic mass is 9.99. The second-order valence-electron chi connectivity index (χ2n) is 7.65. The molecule has 1 aromatic carbocycles. The van der Waals surface area contributed by atoms with Gasteiger partial charge in [0.2, 0.25) is 0 Å². The van der Waals surface area contributed by atoms with E-state index in [0.717, 1.165) is 0 Å². The van der Waals surface area contributed by atoms with E-state index in [2.05, 4.69) is 0 Å². The number of aromatic nitrogens is 1. The quantitative estimate of drug-likeness (QED) is 0.648. The van der Waals surface area contributed by atoms with E-state index >= 15 is 0 Å². The molecule has 31 heavy (non-hydrogen) atoms. The van der Waals surface area contributed by atoms with Gasteiger partial charge in [0.05, 0.1) is 33.5 Å². The normalized spacial score (nSPS) is 18.5. The van der Waals surface area contributed by atoms with Crippen molar-refractivity contribution in [1.82, 2.24) is 4.57 Å². The number of nitrogens with zero attached hydrogens (tertiary/aromatic N) is 2. The average molecular weight is 463 g/mol. The predicted octanol–water partition coefficient (Wildman–Crippen LogP) is 3.73. The molecule has 0 radical (unpaired) electrons. The molecule has 2 heterocycles. The minimum Gasteiger partial charge on any atom is -0.492 e. The lowest BCUT2D eigenvalue weighted by Gasteiger charge is -2.29. The van der Waals surface area contributed by atoms with E-state index in [1.165, 1.54) is 29.7 Å². The molecule has 1 atom stereocenters. The number of unbranched alkanes of at least 4 members (excludes halogenated alkanes) is 1. The zero-order valence-electron chi connectivity index (χ0n) is 16.6. The number of halogens is 1. The van der Waals surface area contributed by atoms with Gasteiger partial charge in [-0.1, -0.05) is 11.6 Å². The van der Waals surface area contributed by atoms with Crippen LogP contribution in [0.5, 0.6) is 5.75 Å². The number of nitriles is 1. The van der Waals surface area contributed by atoms with Crippen molar-refractivity contribution in [3.05, 3.63) is 44.7 Å². The van der Waals surface area contributed by atoms with Crippen molar-refractivity contribution < 1.29 is 23.1 Å². The third kappa shape index (κ3) is 3.50. The first-order chi connectivity index (χ1) is 14.7. The molecule has 2 aromatic rings. The number of rotatable bonds is 6. The maximum absolute atomic E-state index is 13.3. The number of hydrogen-bond donors (Lipinski definition) is 1. The lowest BCUT2D eigenvalue weighted by molar-refractivity contribution is 0.0694. The number of benzene rings is 1. The van der Waals surface area contributed by atoms with E-state index in [4.69, 9.17) is 21.6 Å². The molecule has 0 bridgehead atoms. The Bertz CT molecular complexity index is 1300. The van der Waals surface area contributed by atoms with Gasteiger partial charge in [-0.3, -0.25) is 4.79 Å². The Morgan fingerprint density at radius 2 is 2.06 bits per heavy atom. The molecule has 2 aliphatic rings. The van der Waals surface area contributed by atoms with Crippen molar-refractivity contribution in [2.75, 3.05) is 6.61 Å². The second kappa shape index (κ2) is 7.70. The maximum Gasteiger partial charge on any atom is 0.341 e. The van der Waals surface area contributed by atoms with Gasteiger partial charge >= 0.3 is 5.97 Å².